The van der Waals surface area contributed by atoms with Crippen LogP contribution in [0.2, 0.25) is 0 Å². The van der Waals surface area contributed by atoms with Gasteiger partial charge in [-0.1, -0.05) is 11.3 Å². The van der Waals surface area contributed by atoms with Gasteiger partial charge in [0.15, 0.2) is 11.9 Å². The fraction of sp³-hybridized carbons (Fsp3) is 0.500. The molecule has 2 unspecified atom stereocenters. The number of nitrogens with one attached hydrogen (secondary N) is 1. The van der Waals surface area contributed by atoms with E-state index in [1.807, 2.05) is 0 Å². The minimum Gasteiger partial charge on any atom is -0.469 e. The molecular formula is C12H14N4O6S2. The lowest BCUT2D eigenvalue weighted by Crippen LogP contribution is -2.28. The molecule has 3 heterocycles. The van der Waals surface area contributed by atoms with Crippen LogP contribution in [-0.4, -0.2) is 50.0 Å². The fourth-order valence-corrected chi connectivity index (χ4v) is 4.47. The summed E-state index contributed by atoms with van der Waals surface area (Å²) in [6, 6.07) is 0. The Hall–Kier alpha value is -1.89. The van der Waals surface area contributed by atoms with Gasteiger partial charge < -0.3 is 20.3 Å². The van der Waals surface area contributed by atoms with Crippen LogP contribution in [0.1, 0.15) is 12.6 Å². The first-order valence-corrected chi connectivity index (χ1v) is 8.60. The number of aromatic amines is 1. The topological polar surface area (TPSA) is 150 Å². The summed E-state index contributed by atoms with van der Waals surface area (Å²) in [4.78, 5) is 41.8. The zero-order chi connectivity index (χ0) is 17.4. The number of aromatic nitrogens is 3. The predicted octanol–water partition coefficient (Wildman–Crippen LogP) is -0.759. The molecule has 24 heavy (non-hydrogen) atoms. The van der Waals surface area contributed by atoms with Crippen molar-refractivity contribution in [2.75, 3.05) is 19.5 Å². The van der Waals surface area contributed by atoms with Crippen LogP contribution in [0, 0.1) is 0 Å². The number of nitrogens with two attached hydrogens (primary N) is 1. The average molecular weight is 374 g/mol. The number of aliphatic hydroxyl groups excluding tert-OH is 1. The SMILES string of the molecule is COC(=O)CC1SC(CO)O[C@H]1n1c(=O)sc2c(=O)[nH]c(N)nc21. The number of thiazole rings is 1. The summed E-state index contributed by atoms with van der Waals surface area (Å²) in [5, 5.41) is 8.84. The zero-order valence-electron chi connectivity index (χ0n) is 12.4. The molecule has 2 aromatic heterocycles. The number of anilines is 1. The number of ether oxygens (including phenoxy) is 2. The van der Waals surface area contributed by atoms with Gasteiger partial charge in [0.05, 0.1) is 25.4 Å². The van der Waals surface area contributed by atoms with Gasteiger partial charge in [0.2, 0.25) is 5.95 Å². The molecule has 0 radical (unpaired) electrons. The smallest absolute Gasteiger partial charge is 0.311 e. The van der Waals surface area contributed by atoms with Gasteiger partial charge in [0, 0.05) is 0 Å². The Morgan fingerprint density at radius 3 is 2.96 bits per heavy atom. The van der Waals surface area contributed by atoms with E-state index in [1.165, 1.54) is 23.4 Å². The molecule has 0 bridgehead atoms. The van der Waals surface area contributed by atoms with Crippen LogP contribution in [0.25, 0.3) is 10.3 Å². The van der Waals surface area contributed by atoms with Gasteiger partial charge in [0.1, 0.15) is 10.1 Å². The summed E-state index contributed by atoms with van der Waals surface area (Å²) in [5.74, 6) is -0.606. The van der Waals surface area contributed by atoms with Gasteiger partial charge in [-0.05, 0) is 0 Å². The van der Waals surface area contributed by atoms with E-state index in [4.69, 9.17) is 10.5 Å². The Balaban J connectivity index is 2.10. The third kappa shape index (κ3) is 2.92. The molecule has 1 fully saturated rings. The van der Waals surface area contributed by atoms with E-state index in [1.54, 1.807) is 0 Å². The highest BCUT2D eigenvalue weighted by Crippen LogP contribution is 2.41. The summed E-state index contributed by atoms with van der Waals surface area (Å²) in [5.41, 5.74) is 4.52. The van der Waals surface area contributed by atoms with E-state index in [0.717, 1.165) is 0 Å². The Kier molecular flexibility index (Phi) is 4.62. The molecule has 12 heteroatoms. The molecule has 0 aliphatic carbocycles. The van der Waals surface area contributed by atoms with Crippen molar-refractivity contribution in [1.29, 1.82) is 0 Å². The second-order valence-electron chi connectivity index (χ2n) is 4.94. The number of nitrogen functional groups attached to an aromatic ring is 1. The molecule has 0 saturated carbocycles. The number of H-pyrrole nitrogens is 1. The monoisotopic (exact) mass is 374 g/mol. The summed E-state index contributed by atoms with van der Waals surface area (Å²) in [6.45, 7) is -0.286. The van der Waals surface area contributed by atoms with Crippen molar-refractivity contribution in [2.24, 2.45) is 0 Å². The molecule has 1 aliphatic heterocycles. The van der Waals surface area contributed by atoms with Crippen molar-refractivity contribution < 1.29 is 19.4 Å². The number of rotatable bonds is 4. The summed E-state index contributed by atoms with van der Waals surface area (Å²) in [6.07, 6.45) is -0.897. The maximum atomic E-state index is 12.4. The lowest BCUT2D eigenvalue weighted by Gasteiger charge is -2.17. The molecule has 0 amide bonds. The van der Waals surface area contributed by atoms with Gasteiger partial charge in [-0.2, -0.15) is 4.98 Å². The Labute approximate surface area is 142 Å². The van der Waals surface area contributed by atoms with E-state index in [9.17, 15) is 19.5 Å². The van der Waals surface area contributed by atoms with Crippen LogP contribution in [0.15, 0.2) is 9.59 Å². The van der Waals surface area contributed by atoms with Gasteiger partial charge in [-0.15, -0.1) is 11.8 Å². The molecule has 3 rings (SSSR count). The molecule has 1 saturated heterocycles. The summed E-state index contributed by atoms with van der Waals surface area (Å²) < 4.78 is 11.6. The molecule has 3 atom stereocenters. The van der Waals surface area contributed by atoms with Gasteiger partial charge in [-0.25, -0.2) is 0 Å². The van der Waals surface area contributed by atoms with Gasteiger partial charge in [-0.3, -0.25) is 23.9 Å². The van der Waals surface area contributed by atoms with Crippen molar-refractivity contribution >= 4 is 45.4 Å². The minimum atomic E-state index is -0.874. The zero-order valence-corrected chi connectivity index (χ0v) is 14.1. The molecule has 10 nitrogen and oxygen atoms in total. The quantitative estimate of drug-likeness (QED) is 0.587. The number of fused-ring (bicyclic) bond motifs is 1. The number of carbonyl (C=O) groups excluding carboxylic acids is 1. The second-order valence-corrected chi connectivity index (χ2v) is 7.30. The highest BCUT2D eigenvalue weighted by atomic mass is 32.2. The molecule has 0 aromatic carbocycles. The summed E-state index contributed by atoms with van der Waals surface area (Å²) >= 11 is 1.93. The summed E-state index contributed by atoms with van der Waals surface area (Å²) in [7, 11) is 1.26. The highest BCUT2D eigenvalue weighted by molar-refractivity contribution is 8.00. The molecule has 4 N–H and O–H groups in total. The Bertz CT molecular complexity index is 890. The number of hydrogen-bond donors (Lipinski definition) is 3. The Morgan fingerprint density at radius 1 is 1.54 bits per heavy atom. The minimum absolute atomic E-state index is 0.0230. The number of methoxy groups -OCH3 is 1. The maximum absolute atomic E-state index is 12.4. The van der Waals surface area contributed by atoms with Crippen LogP contribution in [0.4, 0.5) is 5.95 Å². The third-order valence-corrected chi connectivity index (χ3v) is 5.68. The van der Waals surface area contributed by atoms with Crippen molar-refractivity contribution in [2.45, 2.75) is 23.3 Å². The van der Waals surface area contributed by atoms with E-state index in [0.29, 0.717) is 11.3 Å². The van der Waals surface area contributed by atoms with E-state index >= 15 is 0 Å². The van der Waals surface area contributed by atoms with Crippen LogP contribution in [0.5, 0.6) is 0 Å². The first kappa shape index (κ1) is 17.0. The van der Waals surface area contributed by atoms with Gasteiger partial charge in [0.25, 0.3) is 5.56 Å². The van der Waals surface area contributed by atoms with Gasteiger partial charge >= 0.3 is 10.8 Å². The number of carbonyl (C=O) groups is 1. The number of hydrogen-bond acceptors (Lipinski definition) is 10. The number of thioether (sulfide) groups is 1. The lowest BCUT2D eigenvalue weighted by molar-refractivity contribution is -0.141. The molecular weight excluding hydrogens is 360 g/mol. The fourth-order valence-electron chi connectivity index (χ4n) is 2.42. The standard InChI is InChI=1S/C12H14N4O6S2/c1-21-5(18)2-4-10(22-6(3-17)23-4)16-8-7(24-12(16)20)9(19)15-11(13)14-8/h4,6,10,17H,2-3H2,1H3,(H3,13,14,15,19)/t4?,6?,10-/m1/s1. The molecule has 1 aliphatic rings. The van der Waals surface area contributed by atoms with E-state index in [2.05, 4.69) is 14.7 Å². The maximum Gasteiger partial charge on any atom is 0.311 e. The van der Waals surface area contributed by atoms with Crippen molar-refractivity contribution in [1.82, 2.24) is 14.5 Å². The third-order valence-electron chi connectivity index (χ3n) is 3.43. The number of nitrogens with zero attached hydrogens (tertiary/aromatic N) is 2. The first-order valence-electron chi connectivity index (χ1n) is 6.84. The molecule has 0 spiro atoms. The molecule has 130 valence electrons. The van der Waals surface area contributed by atoms with Crippen molar-refractivity contribution in [3.63, 3.8) is 0 Å². The van der Waals surface area contributed by atoms with Crippen LogP contribution in [-0.2, 0) is 14.3 Å². The van der Waals surface area contributed by atoms with Crippen molar-refractivity contribution in [3.05, 3.63) is 20.0 Å². The number of esters is 1. The Morgan fingerprint density at radius 2 is 2.29 bits per heavy atom. The van der Waals surface area contributed by atoms with Crippen LogP contribution < -0.4 is 16.2 Å². The second kappa shape index (κ2) is 6.55. The first-order chi connectivity index (χ1) is 11.4. The van der Waals surface area contributed by atoms with E-state index in [-0.39, 0.29) is 29.3 Å². The average Bonchev–Trinajstić information content (AvgIpc) is 3.07. The lowest BCUT2D eigenvalue weighted by atomic mass is 10.2. The largest absolute Gasteiger partial charge is 0.469 e. The predicted molar refractivity (Wildman–Crippen MR) is 87.9 cm³/mol. The van der Waals surface area contributed by atoms with Crippen molar-refractivity contribution in [3.8, 4) is 0 Å². The normalized spacial score (nSPS) is 23.7. The highest BCUT2D eigenvalue weighted by Gasteiger charge is 2.40. The van der Waals surface area contributed by atoms with Crippen LogP contribution >= 0.6 is 23.1 Å². The molecule has 2 aromatic rings. The van der Waals surface area contributed by atoms with Crippen LogP contribution in [0.3, 0.4) is 0 Å². The number of aliphatic hydroxyl groups is 1. The van der Waals surface area contributed by atoms with E-state index < -0.39 is 33.3 Å².